The van der Waals surface area contributed by atoms with E-state index in [0.717, 1.165) is 66.8 Å². The summed E-state index contributed by atoms with van der Waals surface area (Å²) in [6.07, 6.45) is 0. The van der Waals surface area contributed by atoms with Gasteiger partial charge in [-0.25, -0.2) is 15.0 Å². The van der Waals surface area contributed by atoms with Crippen LogP contribution in [-0.4, -0.2) is 15.0 Å². The lowest BCUT2D eigenvalue weighted by Gasteiger charge is -2.26. The maximum atomic E-state index is 6.66. The van der Waals surface area contributed by atoms with E-state index in [9.17, 15) is 0 Å². The first kappa shape index (κ1) is 33.0. The highest BCUT2D eigenvalue weighted by Crippen LogP contribution is 2.42. The van der Waals surface area contributed by atoms with Gasteiger partial charge < -0.3 is 9.32 Å². The number of hydrogen-bond acceptors (Lipinski definition) is 5. The summed E-state index contributed by atoms with van der Waals surface area (Å²) in [5, 5.41) is 1.95. The van der Waals surface area contributed by atoms with Crippen molar-refractivity contribution in [2.75, 3.05) is 4.90 Å². The molecule has 264 valence electrons. The molecule has 2 heterocycles. The van der Waals surface area contributed by atoms with Gasteiger partial charge in [-0.05, 0) is 64.7 Å². The van der Waals surface area contributed by atoms with Crippen LogP contribution in [0.15, 0.2) is 211 Å². The molecule has 0 aliphatic carbocycles. The van der Waals surface area contributed by atoms with Gasteiger partial charge in [0.05, 0.1) is 0 Å². The van der Waals surface area contributed by atoms with E-state index in [0.29, 0.717) is 17.5 Å². The Labute approximate surface area is 324 Å². The van der Waals surface area contributed by atoms with Gasteiger partial charge in [-0.15, -0.1) is 0 Å². The Bertz CT molecular complexity index is 2790. The molecule has 0 bridgehead atoms. The van der Waals surface area contributed by atoms with Crippen LogP contribution in [0.3, 0.4) is 0 Å². The first-order valence-corrected chi connectivity index (χ1v) is 18.7. The molecule has 56 heavy (non-hydrogen) atoms. The quantitative estimate of drug-likeness (QED) is 0.157. The van der Waals surface area contributed by atoms with Crippen LogP contribution in [0, 0.1) is 0 Å². The van der Waals surface area contributed by atoms with Crippen LogP contribution in [0.2, 0.25) is 0 Å². The molecule has 0 spiro atoms. The van der Waals surface area contributed by atoms with Crippen molar-refractivity contribution in [3.05, 3.63) is 206 Å². The van der Waals surface area contributed by atoms with E-state index in [1.807, 2.05) is 84.9 Å². The lowest BCUT2D eigenvalue weighted by molar-refractivity contribution is 0.669. The van der Waals surface area contributed by atoms with Gasteiger partial charge in [-0.1, -0.05) is 158 Å². The topological polar surface area (TPSA) is 55.1 Å². The van der Waals surface area contributed by atoms with E-state index < -0.39 is 0 Å². The smallest absolute Gasteiger partial charge is 0.164 e. The summed E-state index contributed by atoms with van der Waals surface area (Å²) in [5.74, 6) is 1.83. The molecule has 5 nitrogen and oxygen atoms in total. The number of benzene rings is 8. The SMILES string of the molecule is c1ccc(-c2ccc(N(c3ccc(-c4ccccc4)cc3)c3ccc4c(c3)oc3cccc(-c5nc(-c6ccccc6)nc(-c6ccccc6)n5)c34)cc2)cc1. The molecule has 0 aliphatic rings. The Hall–Kier alpha value is -7.63. The summed E-state index contributed by atoms with van der Waals surface area (Å²) in [7, 11) is 0. The number of fused-ring (bicyclic) bond motifs is 3. The number of nitrogens with zero attached hydrogens (tertiary/aromatic N) is 4. The van der Waals surface area contributed by atoms with Crippen LogP contribution >= 0.6 is 0 Å². The Morgan fingerprint density at radius 1 is 0.321 bits per heavy atom. The predicted molar refractivity (Wildman–Crippen MR) is 229 cm³/mol. The molecule has 0 unspecified atom stereocenters. The van der Waals surface area contributed by atoms with Crippen molar-refractivity contribution < 1.29 is 4.42 Å². The molecule has 0 N–H and O–H groups in total. The third kappa shape index (κ3) is 6.27. The van der Waals surface area contributed by atoms with E-state index in [1.165, 1.54) is 11.1 Å². The highest BCUT2D eigenvalue weighted by Gasteiger charge is 2.20. The minimum absolute atomic E-state index is 0.591. The zero-order valence-electron chi connectivity index (χ0n) is 30.3. The summed E-state index contributed by atoms with van der Waals surface area (Å²) < 4.78 is 6.66. The Morgan fingerprint density at radius 2 is 0.750 bits per heavy atom. The van der Waals surface area contributed by atoms with Crippen LogP contribution in [0.4, 0.5) is 17.1 Å². The van der Waals surface area contributed by atoms with Gasteiger partial charge in [0.2, 0.25) is 0 Å². The third-order valence-electron chi connectivity index (χ3n) is 10.1. The van der Waals surface area contributed by atoms with Crippen LogP contribution < -0.4 is 4.90 Å². The number of hydrogen-bond donors (Lipinski definition) is 0. The van der Waals surface area contributed by atoms with Crippen molar-refractivity contribution in [2.45, 2.75) is 0 Å². The van der Waals surface area contributed by atoms with E-state index in [4.69, 9.17) is 19.4 Å². The first-order chi connectivity index (χ1) is 27.7. The summed E-state index contributed by atoms with van der Waals surface area (Å²) in [6, 6.07) is 71.1. The average Bonchev–Trinajstić information content (AvgIpc) is 3.66. The molecule has 5 heteroatoms. The number of rotatable bonds is 8. The third-order valence-corrected chi connectivity index (χ3v) is 10.1. The zero-order chi connectivity index (χ0) is 37.3. The van der Waals surface area contributed by atoms with Gasteiger partial charge in [-0.2, -0.15) is 0 Å². The molecule has 0 aliphatic heterocycles. The fraction of sp³-hybridized carbons (Fsp3) is 0. The van der Waals surface area contributed by atoms with Crippen LogP contribution in [0.25, 0.3) is 78.4 Å². The second kappa shape index (κ2) is 14.3. The van der Waals surface area contributed by atoms with Gasteiger partial charge in [0.25, 0.3) is 0 Å². The molecule has 0 radical (unpaired) electrons. The molecule has 0 saturated carbocycles. The molecule has 0 saturated heterocycles. The van der Waals surface area contributed by atoms with E-state index >= 15 is 0 Å². The molecule has 2 aromatic heterocycles. The maximum Gasteiger partial charge on any atom is 0.164 e. The minimum Gasteiger partial charge on any atom is -0.456 e. The second-order valence-electron chi connectivity index (χ2n) is 13.7. The molecular formula is C51H34N4O. The summed E-state index contributed by atoms with van der Waals surface area (Å²) >= 11 is 0. The largest absolute Gasteiger partial charge is 0.456 e. The summed E-state index contributed by atoms with van der Waals surface area (Å²) in [6.45, 7) is 0. The van der Waals surface area contributed by atoms with E-state index in [1.54, 1.807) is 0 Å². The maximum absolute atomic E-state index is 6.66. The summed E-state index contributed by atoms with van der Waals surface area (Å²) in [4.78, 5) is 17.3. The Morgan fingerprint density at radius 3 is 1.25 bits per heavy atom. The van der Waals surface area contributed by atoms with Crippen LogP contribution in [0.5, 0.6) is 0 Å². The highest BCUT2D eigenvalue weighted by atomic mass is 16.3. The zero-order valence-corrected chi connectivity index (χ0v) is 30.3. The van der Waals surface area contributed by atoms with Crippen LogP contribution in [-0.2, 0) is 0 Å². The van der Waals surface area contributed by atoms with Crippen molar-refractivity contribution in [1.29, 1.82) is 0 Å². The predicted octanol–water partition coefficient (Wildman–Crippen LogP) is 13.6. The van der Waals surface area contributed by atoms with Gasteiger partial charge in [-0.3, -0.25) is 0 Å². The van der Waals surface area contributed by atoms with Gasteiger partial charge in [0.15, 0.2) is 17.5 Å². The van der Waals surface area contributed by atoms with Crippen molar-refractivity contribution >= 4 is 39.0 Å². The van der Waals surface area contributed by atoms with Gasteiger partial charge in [0.1, 0.15) is 11.2 Å². The fourth-order valence-electron chi connectivity index (χ4n) is 7.38. The lowest BCUT2D eigenvalue weighted by Crippen LogP contribution is -2.09. The van der Waals surface area contributed by atoms with Crippen molar-refractivity contribution in [1.82, 2.24) is 15.0 Å². The molecular weight excluding hydrogens is 685 g/mol. The molecule has 10 aromatic rings. The molecule has 0 fully saturated rings. The van der Waals surface area contributed by atoms with Crippen molar-refractivity contribution in [3.8, 4) is 56.4 Å². The number of anilines is 3. The van der Waals surface area contributed by atoms with Gasteiger partial charge >= 0.3 is 0 Å². The second-order valence-corrected chi connectivity index (χ2v) is 13.7. The van der Waals surface area contributed by atoms with E-state index in [2.05, 4.69) is 126 Å². The summed E-state index contributed by atoms with van der Waals surface area (Å²) in [5.41, 5.74) is 12.0. The standard InChI is InChI=1S/C51H34N4O/c1-5-14-35(15-6-1)37-24-28-41(29-25-37)55(42-30-26-38(27-31-42)36-16-7-2-8-17-36)43-32-33-44-47(34-43)56-46-23-13-22-45(48(44)46)51-53-49(39-18-9-3-10-19-39)52-50(54-51)40-20-11-4-12-21-40/h1-34H. The minimum atomic E-state index is 0.591. The monoisotopic (exact) mass is 718 g/mol. The molecule has 0 atom stereocenters. The molecule has 8 aromatic carbocycles. The fourth-order valence-corrected chi connectivity index (χ4v) is 7.38. The molecule has 10 rings (SSSR count). The van der Waals surface area contributed by atoms with Crippen LogP contribution in [0.1, 0.15) is 0 Å². The van der Waals surface area contributed by atoms with Gasteiger partial charge in [0, 0.05) is 50.6 Å². The van der Waals surface area contributed by atoms with Crippen molar-refractivity contribution in [2.24, 2.45) is 0 Å². The Balaban J connectivity index is 1.10. The lowest BCUT2D eigenvalue weighted by atomic mass is 10.0. The number of aromatic nitrogens is 3. The highest BCUT2D eigenvalue weighted by molar-refractivity contribution is 6.12. The van der Waals surface area contributed by atoms with E-state index in [-0.39, 0.29) is 0 Å². The average molecular weight is 719 g/mol. The Kier molecular flexibility index (Phi) is 8.43. The molecule has 0 amide bonds. The number of furan rings is 1. The first-order valence-electron chi connectivity index (χ1n) is 18.7. The van der Waals surface area contributed by atoms with Crippen molar-refractivity contribution in [3.63, 3.8) is 0 Å². The normalized spacial score (nSPS) is 11.2.